The number of anilines is 1. The number of nitrogens with one attached hydrogen (secondary N) is 1. The maximum atomic E-state index is 12.6. The molecule has 2 heterocycles. The van der Waals surface area contributed by atoms with Crippen molar-refractivity contribution in [3.05, 3.63) is 29.3 Å². The van der Waals surface area contributed by atoms with E-state index in [1.807, 2.05) is 6.07 Å². The van der Waals surface area contributed by atoms with Crippen LogP contribution in [-0.2, 0) is 22.4 Å². The SMILES string of the molecule is CC12CCC(=O)N1C(C(=O)Nc1ccc3c(c1)CCC3)CS2. The van der Waals surface area contributed by atoms with Crippen LogP contribution in [0.1, 0.15) is 37.3 Å². The van der Waals surface area contributed by atoms with E-state index in [0.29, 0.717) is 12.2 Å². The van der Waals surface area contributed by atoms with E-state index < -0.39 is 0 Å². The first-order valence-electron chi connectivity index (χ1n) is 7.96. The van der Waals surface area contributed by atoms with Gasteiger partial charge in [-0.3, -0.25) is 9.59 Å². The number of benzene rings is 1. The third-order valence-corrected chi connectivity index (χ3v) is 6.62. The first-order valence-corrected chi connectivity index (χ1v) is 8.94. The van der Waals surface area contributed by atoms with Crippen LogP contribution in [0.3, 0.4) is 0 Å². The van der Waals surface area contributed by atoms with Crippen LogP contribution < -0.4 is 5.32 Å². The Morgan fingerprint density at radius 3 is 3.00 bits per heavy atom. The van der Waals surface area contributed by atoms with E-state index in [2.05, 4.69) is 24.4 Å². The lowest BCUT2D eigenvalue weighted by atomic mass is 10.1. The summed E-state index contributed by atoms with van der Waals surface area (Å²) in [5.41, 5.74) is 3.60. The minimum atomic E-state index is -0.335. The van der Waals surface area contributed by atoms with Crippen LogP contribution >= 0.6 is 11.8 Å². The Kier molecular flexibility index (Phi) is 3.22. The fraction of sp³-hybridized carbons (Fsp3) is 0.529. The number of thioether (sulfide) groups is 1. The molecule has 22 heavy (non-hydrogen) atoms. The summed E-state index contributed by atoms with van der Waals surface area (Å²) in [6.45, 7) is 2.07. The quantitative estimate of drug-likeness (QED) is 0.912. The molecule has 5 heteroatoms. The molecular formula is C17H20N2O2S. The fourth-order valence-electron chi connectivity index (χ4n) is 3.89. The van der Waals surface area contributed by atoms with Crippen LogP contribution in [0.15, 0.2) is 18.2 Å². The molecule has 0 bridgehead atoms. The molecule has 2 amide bonds. The number of amides is 2. The monoisotopic (exact) mass is 316 g/mol. The minimum absolute atomic E-state index is 0.0515. The molecular weight excluding hydrogens is 296 g/mol. The van der Waals surface area contributed by atoms with Crippen molar-refractivity contribution in [3.8, 4) is 0 Å². The Labute approximate surface area is 134 Å². The third-order valence-electron chi connectivity index (χ3n) is 5.11. The van der Waals surface area contributed by atoms with Gasteiger partial charge in [0.25, 0.3) is 0 Å². The van der Waals surface area contributed by atoms with Crippen molar-refractivity contribution in [2.75, 3.05) is 11.1 Å². The van der Waals surface area contributed by atoms with Crippen LogP contribution in [0.2, 0.25) is 0 Å². The number of carbonyl (C=O) groups excluding carboxylic acids is 2. The maximum Gasteiger partial charge on any atom is 0.248 e. The molecule has 0 radical (unpaired) electrons. The molecule has 4 nitrogen and oxygen atoms in total. The summed E-state index contributed by atoms with van der Waals surface area (Å²) in [5, 5.41) is 3.02. The average molecular weight is 316 g/mol. The summed E-state index contributed by atoms with van der Waals surface area (Å²) in [6, 6.07) is 5.85. The first-order chi connectivity index (χ1) is 10.6. The Morgan fingerprint density at radius 2 is 2.14 bits per heavy atom. The first kappa shape index (κ1) is 14.1. The van der Waals surface area contributed by atoms with Gasteiger partial charge in [0.2, 0.25) is 11.8 Å². The smallest absolute Gasteiger partial charge is 0.248 e. The van der Waals surface area contributed by atoms with Gasteiger partial charge in [0, 0.05) is 17.9 Å². The third kappa shape index (κ3) is 2.14. The molecule has 0 spiro atoms. The van der Waals surface area contributed by atoms with Crippen LogP contribution in [-0.4, -0.2) is 33.4 Å². The van der Waals surface area contributed by atoms with Crippen molar-refractivity contribution in [1.82, 2.24) is 4.90 Å². The molecule has 1 aliphatic carbocycles. The van der Waals surface area contributed by atoms with Crippen molar-refractivity contribution in [3.63, 3.8) is 0 Å². The molecule has 2 fully saturated rings. The zero-order valence-electron chi connectivity index (χ0n) is 12.7. The van der Waals surface area contributed by atoms with Crippen molar-refractivity contribution >= 4 is 29.3 Å². The fourth-order valence-corrected chi connectivity index (χ4v) is 5.32. The van der Waals surface area contributed by atoms with Gasteiger partial charge >= 0.3 is 0 Å². The molecule has 2 saturated heterocycles. The lowest BCUT2D eigenvalue weighted by molar-refractivity contribution is -0.135. The highest BCUT2D eigenvalue weighted by molar-refractivity contribution is 8.01. The molecule has 3 aliphatic rings. The molecule has 1 aromatic rings. The Hall–Kier alpha value is -1.49. The lowest BCUT2D eigenvalue weighted by Crippen LogP contribution is -2.48. The number of aryl methyl sites for hydroxylation is 2. The molecule has 0 aromatic heterocycles. The second-order valence-electron chi connectivity index (χ2n) is 6.59. The normalized spacial score (nSPS) is 29.6. The molecule has 2 atom stereocenters. The number of hydrogen-bond donors (Lipinski definition) is 1. The van der Waals surface area contributed by atoms with Crippen LogP contribution in [0.5, 0.6) is 0 Å². The topological polar surface area (TPSA) is 49.4 Å². The maximum absolute atomic E-state index is 12.6. The summed E-state index contributed by atoms with van der Waals surface area (Å²) in [4.78, 5) is 26.4. The summed E-state index contributed by atoms with van der Waals surface area (Å²) < 4.78 is 0. The van der Waals surface area contributed by atoms with Gasteiger partial charge in [-0.15, -0.1) is 11.8 Å². The van der Waals surface area contributed by atoms with Crippen molar-refractivity contribution < 1.29 is 9.59 Å². The number of rotatable bonds is 2. The van der Waals surface area contributed by atoms with E-state index in [0.717, 1.165) is 24.9 Å². The summed E-state index contributed by atoms with van der Waals surface area (Å²) in [6.07, 6.45) is 4.85. The highest BCUT2D eigenvalue weighted by Crippen LogP contribution is 2.47. The summed E-state index contributed by atoms with van der Waals surface area (Å²) in [7, 11) is 0. The molecule has 0 saturated carbocycles. The molecule has 116 valence electrons. The van der Waals surface area contributed by atoms with E-state index in [1.165, 1.54) is 17.5 Å². The van der Waals surface area contributed by atoms with E-state index in [9.17, 15) is 9.59 Å². The second kappa shape index (κ2) is 5.01. The van der Waals surface area contributed by atoms with Crippen molar-refractivity contribution in [2.45, 2.75) is 49.9 Å². The van der Waals surface area contributed by atoms with Crippen molar-refractivity contribution in [2.24, 2.45) is 0 Å². The Balaban J connectivity index is 1.52. The van der Waals surface area contributed by atoms with Gasteiger partial charge in [-0.1, -0.05) is 6.07 Å². The minimum Gasteiger partial charge on any atom is -0.324 e. The highest BCUT2D eigenvalue weighted by atomic mass is 32.2. The molecule has 1 N–H and O–H groups in total. The molecule has 2 unspecified atom stereocenters. The lowest BCUT2D eigenvalue weighted by Gasteiger charge is -2.29. The van der Waals surface area contributed by atoms with Gasteiger partial charge < -0.3 is 10.2 Å². The van der Waals surface area contributed by atoms with Crippen LogP contribution in [0.25, 0.3) is 0 Å². The Morgan fingerprint density at radius 1 is 1.32 bits per heavy atom. The highest BCUT2D eigenvalue weighted by Gasteiger charge is 2.52. The zero-order valence-corrected chi connectivity index (χ0v) is 13.5. The molecule has 1 aromatic carbocycles. The van der Waals surface area contributed by atoms with Crippen molar-refractivity contribution in [1.29, 1.82) is 0 Å². The van der Waals surface area contributed by atoms with E-state index >= 15 is 0 Å². The molecule has 2 aliphatic heterocycles. The average Bonchev–Trinajstić information content (AvgIpc) is 3.15. The van der Waals surface area contributed by atoms with E-state index in [4.69, 9.17) is 0 Å². The summed E-state index contributed by atoms with van der Waals surface area (Å²) in [5.74, 6) is 0.755. The largest absolute Gasteiger partial charge is 0.324 e. The van der Waals surface area contributed by atoms with Gasteiger partial charge in [-0.2, -0.15) is 0 Å². The summed E-state index contributed by atoms with van der Waals surface area (Å²) >= 11 is 1.73. The van der Waals surface area contributed by atoms with Crippen LogP contribution in [0.4, 0.5) is 5.69 Å². The number of fused-ring (bicyclic) bond motifs is 2. The van der Waals surface area contributed by atoms with E-state index in [-0.39, 0.29) is 22.7 Å². The van der Waals surface area contributed by atoms with Gasteiger partial charge in [0.1, 0.15) is 6.04 Å². The second-order valence-corrected chi connectivity index (χ2v) is 8.09. The standard InChI is InChI=1S/C17H20N2O2S/c1-17-8-7-15(20)19(17)14(10-22-17)16(21)18-13-6-5-11-3-2-4-12(11)9-13/h5-6,9,14H,2-4,7-8,10H2,1H3,(H,18,21). The Bertz CT molecular complexity index is 660. The predicted octanol–water partition coefficient (Wildman–Crippen LogP) is 2.57. The number of nitrogens with zero attached hydrogens (tertiary/aromatic N) is 1. The number of carbonyl (C=O) groups is 2. The predicted molar refractivity (Wildman–Crippen MR) is 87.8 cm³/mol. The van der Waals surface area contributed by atoms with Crippen LogP contribution in [0, 0.1) is 0 Å². The number of hydrogen-bond acceptors (Lipinski definition) is 3. The van der Waals surface area contributed by atoms with Gasteiger partial charge in [-0.05, 0) is 55.9 Å². The van der Waals surface area contributed by atoms with E-state index in [1.54, 1.807) is 16.7 Å². The van der Waals surface area contributed by atoms with Gasteiger partial charge in [0.05, 0.1) is 4.87 Å². The molecule has 4 rings (SSSR count). The zero-order chi connectivity index (χ0) is 15.3. The van der Waals surface area contributed by atoms with Gasteiger partial charge in [-0.25, -0.2) is 0 Å². The van der Waals surface area contributed by atoms with Gasteiger partial charge in [0.15, 0.2) is 0 Å².